The van der Waals surface area contributed by atoms with E-state index in [9.17, 15) is 4.79 Å². The molecule has 1 aromatic rings. The Hall–Kier alpha value is -1.59. The molecule has 1 fully saturated rings. The van der Waals surface area contributed by atoms with Gasteiger partial charge in [-0.05, 0) is 32.1 Å². The molecule has 19 heavy (non-hydrogen) atoms. The number of hydrogen-bond acceptors (Lipinski definition) is 4. The summed E-state index contributed by atoms with van der Waals surface area (Å²) in [6.07, 6.45) is 2.79. The second-order valence-electron chi connectivity index (χ2n) is 4.78. The van der Waals surface area contributed by atoms with Crippen LogP contribution in [-0.2, 0) is 9.53 Å². The lowest BCUT2D eigenvalue weighted by Crippen LogP contribution is -2.49. The third kappa shape index (κ3) is 3.68. The van der Waals surface area contributed by atoms with Crippen molar-refractivity contribution in [2.45, 2.75) is 26.1 Å². The average molecular weight is 265 g/mol. The normalized spacial score (nSPS) is 24.1. The number of nitrogens with zero attached hydrogens (tertiary/aromatic N) is 1. The van der Waals surface area contributed by atoms with E-state index in [1.165, 1.54) is 6.08 Å². The van der Waals surface area contributed by atoms with Gasteiger partial charge < -0.3 is 19.2 Å². The maximum atomic E-state index is 12.0. The fourth-order valence-corrected chi connectivity index (χ4v) is 2.13. The summed E-state index contributed by atoms with van der Waals surface area (Å²) in [7, 11) is 0. The average Bonchev–Trinajstić information content (AvgIpc) is 2.81. The quantitative estimate of drug-likeness (QED) is 0.834. The van der Waals surface area contributed by atoms with Crippen LogP contribution in [0.2, 0.25) is 0 Å². The Morgan fingerprint density at radius 1 is 1.53 bits per heavy atom. The van der Waals surface area contributed by atoms with Gasteiger partial charge in [0.2, 0.25) is 5.91 Å². The zero-order valence-electron chi connectivity index (χ0n) is 11.2. The first-order valence-electron chi connectivity index (χ1n) is 6.38. The van der Waals surface area contributed by atoms with E-state index in [-0.39, 0.29) is 24.7 Å². The maximum absolute atomic E-state index is 12.0. The highest BCUT2D eigenvalue weighted by atomic mass is 16.5. The second kappa shape index (κ2) is 6.04. The predicted molar refractivity (Wildman–Crippen MR) is 70.5 cm³/mol. The molecule has 5 heteroatoms. The standard InChI is InChI=1S/C14H19NO4/c1-10-3-4-12(18-10)5-6-14(17)15-7-11(2)19-13(8-15)9-16/h3-6,11,13,16H,7-9H2,1-2H3/b6-5+. The first-order chi connectivity index (χ1) is 9.08. The second-order valence-corrected chi connectivity index (χ2v) is 4.78. The topological polar surface area (TPSA) is 62.9 Å². The monoisotopic (exact) mass is 265 g/mol. The first-order valence-corrected chi connectivity index (χ1v) is 6.38. The summed E-state index contributed by atoms with van der Waals surface area (Å²) >= 11 is 0. The van der Waals surface area contributed by atoms with Crippen LogP contribution >= 0.6 is 0 Å². The fourth-order valence-electron chi connectivity index (χ4n) is 2.13. The lowest BCUT2D eigenvalue weighted by molar-refractivity contribution is -0.142. The van der Waals surface area contributed by atoms with E-state index in [0.717, 1.165) is 5.76 Å². The SMILES string of the molecule is Cc1ccc(/C=C/C(=O)N2CC(C)OC(CO)C2)o1. The van der Waals surface area contributed by atoms with E-state index in [0.29, 0.717) is 18.8 Å². The summed E-state index contributed by atoms with van der Waals surface area (Å²) in [5, 5.41) is 9.12. The summed E-state index contributed by atoms with van der Waals surface area (Å²) < 4.78 is 10.9. The molecule has 1 N–H and O–H groups in total. The third-order valence-corrected chi connectivity index (χ3v) is 2.99. The van der Waals surface area contributed by atoms with Crippen LogP contribution in [0.4, 0.5) is 0 Å². The number of furan rings is 1. The molecule has 0 spiro atoms. The number of carbonyl (C=O) groups is 1. The van der Waals surface area contributed by atoms with E-state index in [4.69, 9.17) is 14.3 Å². The maximum Gasteiger partial charge on any atom is 0.246 e. The van der Waals surface area contributed by atoms with Gasteiger partial charge in [0, 0.05) is 19.2 Å². The predicted octanol–water partition coefficient (Wildman–Crippen LogP) is 1.21. The molecule has 0 radical (unpaired) electrons. The summed E-state index contributed by atoms with van der Waals surface area (Å²) in [6.45, 7) is 4.63. The van der Waals surface area contributed by atoms with Crippen LogP contribution in [0.3, 0.4) is 0 Å². The van der Waals surface area contributed by atoms with Gasteiger partial charge in [-0.25, -0.2) is 0 Å². The molecule has 2 unspecified atom stereocenters. The number of rotatable bonds is 3. The lowest BCUT2D eigenvalue weighted by Gasteiger charge is -2.35. The Bertz CT molecular complexity index is 466. The lowest BCUT2D eigenvalue weighted by atomic mass is 10.2. The Labute approximate surface area is 112 Å². The van der Waals surface area contributed by atoms with Gasteiger partial charge in [-0.15, -0.1) is 0 Å². The van der Waals surface area contributed by atoms with Crippen LogP contribution < -0.4 is 0 Å². The number of aryl methyl sites for hydroxylation is 1. The molecule has 104 valence electrons. The minimum Gasteiger partial charge on any atom is -0.462 e. The Kier molecular flexibility index (Phi) is 4.39. The van der Waals surface area contributed by atoms with E-state index in [1.54, 1.807) is 11.0 Å². The molecule has 2 atom stereocenters. The van der Waals surface area contributed by atoms with Crippen molar-refractivity contribution in [2.75, 3.05) is 19.7 Å². The van der Waals surface area contributed by atoms with Gasteiger partial charge in [-0.2, -0.15) is 0 Å². The third-order valence-electron chi connectivity index (χ3n) is 2.99. The van der Waals surface area contributed by atoms with E-state index < -0.39 is 0 Å². The Morgan fingerprint density at radius 2 is 2.32 bits per heavy atom. The summed E-state index contributed by atoms with van der Waals surface area (Å²) in [5.41, 5.74) is 0. The van der Waals surface area contributed by atoms with Gasteiger partial charge in [0.1, 0.15) is 11.5 Å². The van der Waals surface area contributed by atoms with Crippen LogP contribution in [0, 0.1) is 6.92 Å². The number of aliphatic hydroxyl groups excluding tert-OH is 1. The zero-order valence-corrected chi connectivity index (χ0v) is 11.2. The van der Waals surface area contributed by atoms with Gasteiger partial charge in [0.05, 0.1) is 18.8 Å². The van der Waals surface area contributed by atoms with Gasteiger partial charge in [0.15, 0.2) is 0 Å². The molecule has 1 aromatic heterocycles. The molecule has 1 aliphatic rings. The van der Waals surface area contributed by atoms with Crippen molar-refractivity contribution < 1.29 is 19.1 Å². The number of ether oxygens (including phenoxy) is 1. The van der Waals surface area contributed by atoms with Crippen LogP contribution in [0.5, 0.6) is 0 Å². The molecule has 0 aliphatic carbocycles. The fraction of sp³-hybridized carbons (Fsp3) is 0.500. The van der Waals surface area contributed by atoms with Gasteiger partial charge >= 0.3 is 0 Å². The van der Waals surface area contributed by atoms with E-state index in [1.807, 2.05) is 26.0 Å². The van der Waals surface area contributed by atoms with Crippen molar-refractivity contribution >= 4 is 12.0 Å². The number of hydrogen-bond donors (Lipinski definition) is 1. The van der Waals surface area contributed by atoms with E-state index in [2.05, 4.69) is 0 Å². The van der Waals surface area contributed by atoms with Crippen molar-refractivity contribution in [1.29, 1.82) is 0 Å². The summed E-state index contributed by atoms with van der Waals surface area (Å²) in [6, 6.07) is 3.67. The van der Waals surface area contributed by atoms with Crippen molar-refractivity contribution in [3.8, 4) is 0 Å². The minimum absolute atomic E-state index is 0.0610. The van der Waals surface area contributed by atoms with Crippen LogP contribution in [-0.4, -0.2) is 47.8 Å². The largest absolute Gasteiger partial charge is 0.462 e. The molecule has 0 saturated carbocycles. The van der Waals surface area contributed by atoms with Crippen LogP contribution in [0.25, 0.3) is 6.08 Å². The Morgan fingerprint density at radius 3 is 2.95 bits per heavy atom. The van der Waals surface area contributed by atoms with Crippen LogP contribution in [0.15, 0.2) is 22.6 Å². The molecule has 1 amide bonds. The van der Waals surface area contributed by atoms with E-state index >= 15 is 0 Å². The van der Waals surface area contributed by atoms with Gasteiger partial charge in [-0.1, -0.05) is 0 Å². The molecule has 1 aliphatic heterocycles. The highest BCUT2D eigenvalue weighted by Gasteiger charge is 2.26. The smallest absolute Gasteiger partial charge is 0.246 e. The van der Waals surface area contributed by atoms with Crippen molar-refractivity contribution in [2.24, 2.45) is 0 Å². The van der Waals surface area contributed by atoms with Crippen molar-refractivity contribution in [3.05, 3.63) is 29.7 Å². The number of carbonyl (C=O) groups excluding carboxylic acids is 1. The molecular weight excluding hydrogens is 246 g/mol. The number of morpholine rings is 1. The molecule has 1 saturated heterocycles. The van der Waals surface area contributed by atoms with Crippen molar-refractivity contribution in [1.82, 2.24) is 4.90 Å². The molecule has 0 aromatic carbocycles. The molecule has 0 bridgehead atoms. The highest BCUT2D eigenvalue weighted by Crippen LogP contribution is 2.13. The molecule has 2 heterocycles. The molecule has 2 rings (SSSR count). The number of amides is 1. The Balaban J connectivity index is 1.97. The molecule has 5 nitrogen and oxygen atoms in total. The minimum atomic E-state index is -0.299. The number of aliphatic hydroxyl groups is 1. The summed E-state index contributed by atoms with van der Waals surface area (Å²) in [4.78, 5) is 13.7. The summed E-state index contributed by atoms with van der Waals surface area (Å²) in [5.74, 6) is 1.38. The van der Waals surface area contributed by atoms with Crippen molar-refractivity contribution in [3.63, 3.8) is 0 Å². The zero-order chi connectivity index (χ0) is 13.8. The first kappa shape index (κ1) is 13.8. The van der Waals surface area contributed by atoms with Gasteiger partial charge in [-0.3, -0.25) is 4.79 Å². The van der Waals surface area contributed by atoms with Gasteiger partial charge in [0.25, 0.3) is 0 Å². The molecular formula is C14H19NO4. The highest BCUT2D eigenvalue weighted by molar-refractivity contribution is 5.91. The van der Waals surface area contributed by atoms with Crippen LogP contribution in [0.1, 0.15) is 18.4 Å².